The quantitative estimate of drug-likeness (QED) is 0.293. The van der Waals surface area contributed by atoms with E-state index in [0.29, 0.717) is 0 Å². The highest BCUT2D eigenvalue weighted by atomic mass is 16.4. The Morgan fingerprint density at radius 2 is 1.50 bits per heavy atom. The summed E-state index contributed by atoms with van der Waals surface area (Å²) >= 11 is 0. The monoisotopic (exact) mass is 240 g/mol. The standard InChI is InChI=1S/C8H14O7.H2O/c1-3(10)5(12)7(14)8(15)6(13)4(11)2-9;/h4,6-9,11,13-15H,2H2,1H3;1H2/t4-,6-,7+,8+;/m1./s1. The molecule has 0 aliphatic heterocycles. The lowest BCUT2D eigenvalue weighted by Gasteiger charge is -2.24. The number of carbonyl (C=O) groups is 2. The molecule has 0 aliphatic rings. The third-order valence-corrected chi connectivity index (χ3v) is 1.87. The fourth-order valence-electron chi connectivity index (χ4n) is 0.886. The van der Waals surface area contributed by atoms with Crippen LogP contribution in [-0.4, -0.2) is 73.6 Å². The third kappa shape index (κ3) is 4.31. The van der Waals surface area contributed by atoms with Gasteiger partial charge in [0.1, 0.15) is 24.4 Å². The first kappa shape index (κ1) is 17.5. The van der Waals surface area contributed by atoms with E-state index in [1.54, 1.807) is 0 Å². The van der Waals surface area contributed by atoms with Gasteiger partial charge >= 0.3 is 0 Å². The van der Waals surface area contributed by atoms with E-state index >= 15 is 0 Å². The summed E-state index contributed by atoms with van der Waals surface area (Å²) < 4.78 is 0. The van der Waals surface area contributed by atoms with Gasteiger partial charge in [-0.1, -0.05) is 0 Å². The molecule has 4 atom stereocenters. The Balaban J connectivity index is 0. The van der Waals surface area contributed by atoms with Gasteiger partial charge in [0.25, 0.3) is 0 Å². The van der Waals surface area contributed by atoms with E-state index in [1.165, 1.54) is 0 Å². The highest BCUT2D eigenvalue weighted by Crippen LogP contribution is 2.06. The van der Waals surface area contributed by atoms with Crippen LogP contribution in [0.25, 0.3) is 0 Å². The molecule has 0 aromatic rings. The molecule has 8 heteroatoms. The Labute approximate surface area is 91.1 Å². The van der Waals surface area contributed by atoms with Crippen LogP contribution in [0.15, 0.2) is 0 Å². The molecule has 96 valence electrons. The summed E-state index contributed by atoms with van der Waals surface area (Å²) in [6.07, 6.45) is -7.75. The fraction of sp³-hybridized carbons (Fsp3) is 0.750. The van der Waals surface area contributed by atoms with Crippen LogP contribution in [0.2, 0.25) is 0 Å². The maximum absolute atomic E-state index is 10.9. The number of hydrogen-bond acceptors (Lipinski definition) is 7. The number of aliphatic hydroxyl groups is 5. The maximum Gasteiger partial charge on any atom is 0.229 e. The van der Waals surface area contributed by atoms with Crippen molar-refractivity contribution in [3.05, 3.63) is 0 Å². The van der Waals surface area contributed by atoms with E-state index in [1.807, 2.05) is 0 Å². The normalized spacial score (nSPS) is 17.9. The van der Waals surface area contributed by atoms with Gasteiger partial charge in [0.05, 0.1) is 6.61 Å². The summed E-state index contributed by atoms with van der Waals surface area (Å²) in [5, 5.41) is 44.7. The Morgan fingerprint density at radius 3 is 1.81 bits per heavy atom. The second-order valence-electron chi connectivity index (χ2n) is 3.10. The van der Waals surface area contributed by atoms with E-state index < -0.39 is 42.6 Å². The summed E-state index contributed by atoms with van der Waals surface area (Å²) in [5.41, 5.74) is 0. The van der Waals surface area contributed by atoms with Crippen molar-refractivity contribution in [2.45, 2.75) is 31.3 Å². The highest BCUT2D eigenvalue weighted by molar-refractivity contribution is 6.38. The van der Waals surface area contributed by atoms with Crippen molar-refractivity contribution in [3.8, 4) is 0 Å². The predicted octanol–water partition coefficient (Wildman–Crippen LogP) is -4.24. The van der Waals surface area contributed by atoms with Crippen molar-refractivity contribution < 1.29 is 40.6 Å². The molecule has 0 aromatic heterocycles. The molecule has 0 aliphatic carbocycles. The van der Waals surface area contributed by atoms with Crippen molar-refractivity contribution in [1.29, 1.82) is 0 Å². The zero-order valence-corrected chi connectivity index (χ0v) is 8.57. The van der Waals surface area contributed by atoms with Gasteiger partial charge in [0.15, 0.2) is 5.78 Å². The van der Waals surface area contributed by atoms with Crippen LogP contribution in [0.5, 0.6) is 0 Å². The minimum absolute atomic E-state index is 0. The SMILES string of the molecule is CC(=O)C(=O)[C@H](O)[C@@H](O)[C@H](O)[C@H](O)CO.O. The Morgan fingerprint density at radius 1 is 1.06 bits per heavy atom. The average molecular weight is 240 g/mol. The van der Waals surface area contributed by atoms with E-state index in [2.05, 4.69) is 0 Å². The lowest BCUT2D eigenvalue weighted by molar-refractivity contribution is -0.153. The lowest BCUT2D eigenvalue weighted by Crippen LogP contribution is -2.49. The molecule has 0 heterocycles. The van der Waals surface area contributed by atoms with Gasteiger partial charge in [-0.2, -0.15) is 0 Å². The molecule has 8 nitrogen and oxygen atoms in total. The number of aliphatic hydroxyl groups excluding tert-OH is 5. The van der Waals surface area contributed by atoms with Crippen molar-refractivity contribution in [2.24, 2.45) is 0 Å². The molecule has 0 aromatic carbocycles. The van der Waals surface area contributed by atoms with E-state index in [9.17, 15) is 9.59 Å². The second-order valence-corrected chi connectivity index (χ2v) is 3.10. The Kier molecular flexibility index (Phi) is 8.08. The van der Waals surface area contributed by atoms with Crippen molar-refractivity contribution in [2.75, 3.05) is 6.61 Å². The largest absolute Gasteiger partial charge is 0.412 e. The van der Waals surface area contributed by atoms with Gasteiger partial charge in [-0.3, -0.25) is 9.59 Å². The minimum Gasteiger partial charge on any atom is -0.412 e. The first-order chi connectivity index (χ1) is 6.82. The van der Waals surface area contributed by atoms with Crippen LogP contribution in [-0.2, 0) is 9.59 Å². The van der Waals surface area contributed by atoms with Crippen LogP contribution in [0.3, 0.4) is 0 Å². The predicted molar refractivity (Wildman–Crippen MR) is 50.4 cm³/mol. The highest BCUT2D eigenvalue weighted by Gasteiger charge is 2.35. The smallest absolute Gasteiger partial charge is 0.229 e. The molecule has 0 bridgehead atoms. The number of rotatable bonds is 6. The Bertz CT molecular complexity index is 240. The van der Waals surface area contributed by atoms with E-state index in [0.717, 1.165) is 6.92 Å². The summed E-state index contributed by atoms with van der Waals surface area (Å²) in [4.78, 5) is 21.4. The molecule has 0 amide bonds. The summed E-state index contributed by atoms with van der Waals surface area (Å²) in [5.74, 6) is -2.25. The average Bonchev–Trinajstić information content (AvgIpc) is 2.23. The van der Waals surface area contributed by atoms with Crippen LogP contribution >= 0.6 is 0 Å². The molecule has 0 spiro atoms. The molecule has 0 unspecified atom stereocenters. The fourth-order valence-corrected chi connectivity index (χ4v) is 0.886. The maximum atomic E-state index is 10.9. The van der Waals surface area contributed by atoms with Crippen LogP contribution in [0.4, 0.5) is 0 Å². The zero-order valence-electron chi connectivity index (χ0n) is 8.57. The van der Waals surface area contributed by atoms with Gasteiger partial charge in [-0.15, -0.1) is 0 Å². The first-order valence-electron chi connectivity index (χ1n) is 4.20. The Hall–Kier alpha value is -0.900. The van der Waals surface area contributed by atoms with Gasteiger partial charge in [-0.05, 0) is 0 Å². The van der Waals surface area contributed by atoms with Crippen LogP contribution in [0, 0.1) is 0 Å². The van der Waals surface area contributed by atoms with E-state index in [4.69, 9.17) is 25.5 Å². The minimum atomic E-state index is -2.11. The zero-order chi connectivity index (χ0) is 12.2. The molecule has 0 saturated heterocycles. The molecule has 16 heavy (non-hydrogen) atoms. The topological polar surface area (TPSA) is 167 Å². The van der Waals surface area contributed by atoms with Crippen LogP contribution < -0.4 is 0 Å². The molecular formula is C8H16O8. The third-order valence-electron chi connectivity index (χ3n) is 1.87. The van der Waals surface area contributed by atoms with Crippen molar-refractivity contribution in [3.63, 3.8) is 0 Å². The summed E-state index contributed by atoms with van der Waals surface area (Å²) in [6, 6.07) is 0. The molecule has 0 fully saturated rings. The van der Waals surface area contributed by atoms with Gasteiger partial charge in [0.2, 0.25) is 5.78 Å². The van der Waals surface area contributed by atoms with Gasteiger partial charge < -0.3 is 31.0 Å². The lowest BCUT2D eigenvalue weighted by atomic mass is 9.99. The molecule has 0 rings (SSSR count). The summed E-state index contributed by atoms with van der Waals surface area (Å²) in [6.45, 7) is 0.0480. The molecule has 0 radical (unpaired) electrons. The van der Waals surface area contributed by atoms with Gasteiger partial charge in [0, 0.05) is 6.92 Å². The number of ketones is 2. The van der Waals surface area contributed by atoms with Crippen LogP contribution in [0.1, 0.15) is 6.92 Å². The van der Waals surface area contributed by atoms with Crippen molar-refractivity contribution >= 4 is 11.6 Å². The molecule has 0 saturated carbocycles. The molecule has 7 N–H and O–H groups in total. The first-order valence-corrected chi connectivity index (χ1v) is 4.20. The number of hydrogen-bond donors (Lipinski definition) is 5. The number of carbonyl (C=O) groups excluding carboxylic acids is 2. The van der Waals surface area contributed by atoms with Gasteiger partial charge in [-0.25, -0.2) is 0 Å². The second kappa shape index (κ2) is 7.39. The van der Waals surface area contributed by atoms with Crippen molar-refractivity contribution in [1.82, 2.24) is 0 Å². The summed E-state index contributed by atoms with van der Waals surface area (Å²) in [7, 11) is 0. The number of Topliss-reactive ketones (excluding diaryl/α,β-unsaturated/α-hetero) is 2. The van der Waals surface area contributed by atoms with E-state index in [-0.39, 0.29) is 5.48 Å². The molecular weight excluding hydrogens is 224 g/mol.